The molecule has 0 heterocycles. The van der Waals surface area contributed by atoms with Crippen molar-refractivity contribution in [2.24, 2.45) is 17.8 Å². The van der Waals surface area contributed by atoms with Gasteiger partial charge in [-0.3, -0.25) is 0 Å². The molecular formula is C10H14O6. The Balaban J connectivity index is 2.95. The maximum atomic E-state index is 11.4. The van der Waals surface area contributed by atoms with E-state index in [1.807, 2.05) is 6.92 Å². The Hall–Kier alpha value is -1.40. The van der Waals surface area contributed by atoms with E-state index < -0.39 is 23.8 Å². The zero-order chi connectivity index (χ0) is 12.1. The highest BCUT2D eigenvalue weighted by Gasteiger charge is 2.41. The SMILES string of the molecule is CCC1CC=CC(C(=O)OO)C1C(=O)OO. The van der Waals surface area contributed by atoms with Crippen molar-refractivity contribution in [3.63, 3.8) is 0 Å². The Morgan fingerprint density at radius 1 is 1.31 bits per heavy atom. The average Bonchev–Trinajstić information content (AvgIpc) is 2.35. The van der Waals surface area contributed by atoms with Crippen molar-refractivity contribution in [3.05, 3.63) is 12.2 Å². The zero-order valence-corrected chi connectivity index (χ0v) is 8.83. The number of hydrogen-bond acceptors (Lipinski definition) is 6. The summed E-state index contributed by atoms with van der Waals surface area (Å²) in [6, 6.07) is 0. The van der Waals surface area contributed by atoms with Crippen molar-refractivity contribution in [1.29, 1.82) is 0 Å². The van der Waals surface area contributed by atoms with Crippen molar-refractivity contribution in [2.75, 3.05) is 0 Å². The third kappa shape index (κ3) is 2.40. The lowest BCUT2D eigenvalue weighted by molar-refractivity contribution is -0.251. The van der Waals surface area contributed by atoms with Crippen LogP contribution in [0.4, 0.5) is 0 Å². The van der Waals surface area contributed by atoms with Crippen LogP contribution in [0, 0.1) is 17.8 Å². The number of carbonyl (C=O) groups excluding carboxylic acids is 2. The minimum atomic E-state index is -0.926. The van der Waals surface area contributed by atoms with Gasteiger partial charge in [-0.2, -0.15) is 10.5 Å². The van der Waals surface area contributed by atoms with Gasteiger partial charge in [0.25, 0.3) is 0 Å². The highest BCUT2D eigenvalue weighted by Crippen LogP contribution is 2.34. The van der Waals surface area contributed by atoms with Crippen molar-refractivity contribution in [2.45, 2.75) is 19.8 Å². The predicted molar refractivity (Wildman–Crippen MR) is 52.0 cm³/mol. The zero-order valence-electron chi connectivity index (χ0n) is 8.83. The fraction of sp³-hybridized carbons (Fsp3) is 0.600. The normalized spacial score (nSPS) is 28.6. The van der Waals surface area contributed by atoms with E-state index in [1.165, 1.54) is 6.08 Å². The molecule has 16 heavy (non-hydrogen) atoms. The molecule has 6 heteroatoms. The lowest BCUT2D eigenvalue weighted by atomic mass is 9.74. The molecule has 1 aliphatic carbocycles. The molecular weight excluding hydrogens is 216 g/mol. The van der Waals surface area contributed by atoms with Crippen molar-refractivity contribution >= 4 is 11.9 Å². The van der Waals surface area contributed by atoms with Crippen molar-refractivity contribution in [3.8, 4) is 0 Å². The van der Waals surface area contributed by atoms with Gasteiger partial charge in [-0.05, 0) is 12.3 Å². The van der Waals surface area contributed by atoms with E-state index >= 15 is 0 Å². The smallest absolute Gasteiger partial charge is 0.301 e. The summed E-state index contributed by atoms with van der Waals surface area (Å²) < 4.78 is 0. The second-order valence-corrected chi connectivity index (χ2v) is 3.70. The van der Waals surface area contributed by atoms with Gasteiger partial charge in [0.15, 0.2) is 0 Å². The number of carbonyl (C=O) groups is 2. The summed E-state index contributed by atoms with van der Waals surface area (Å²) in [5.41, 5.74) is 0. The van der Waals surface area contributed by atoms with Gasteiger partial charge in [-0.1, -0.05) is 25.5 Å². The molecule has 90 valence electrons. The molecule has 2 N–H and O–H groups in total. The summed E-state index contributed by atoms with van der Waals surface area (Å²) in [4.78, 5) is 29.9. The quantitative estimate of drug-likeness (QED) is 0.430. The molecule has 6 nitrogen and oxygen atoms in total. The Morgan fingerprint density at radius 3 is 2.44 bits per heavy atom. The molecule has 0 aromatic heterocycles. The Bertz CT molecular complexity index is 298. The van der Waals surface area contributed by atoms with Crippen LogP contribution in [0.25, 0.3) is 0 Å². The van der Waals surface area contributed by atoms with Crippen LogP contribution in [0.5, 0.6) is 0 Å². The lowest BCUT2D eigenvalue weighted by Gasteiger charge is -2.29. The first-order valence-electron chi connectivity index (χ1n) is 5.02. The van der Waals surface area contributed by atoms with Crippen molar-refractivity contribution < 1.29 is 29.9 Å². The minimum absolute atomic E-state index is 0.117. The van der Waals surface area contributed by atoms with Crippen LogP contribution < -0.4 is 0 Å². The van der Waals surface area contributed by atoms with E-state index in [4.69, 9.17) is 10.5 Å². The maximum absolute atomic E-state index is 11.4. The lowest BCUT2D eigenvalue weighted by Crippen LogP contribution is -2.37. The summed E-state index contributed by atoms with van der Waals surface area (Å²) in [5, 5.41) is 16.7. The van der Waals surface area contributed by atoms with E-state index in [1.54, 1.807) is 6.08 Å². The molecule has 1 aliphatic rings. The Kier molecular flexibility index (Phi) is 4.45. The van der Waals surface area contributed by atoms with Gasteiger partial charge >= 0.3 is 11.9 Å². The van der Waals surface area contributed by atoms with E-state index in [0.717, 1.165) is 0 Å². The first kappa shape index (κ1) is 12.7. The highest BCUT2D eigenvalue weighted by atomic mass is 17.1. The largest absolute Gasteiger partial charge is 0.349 e. The third-order valence-electron chi connectivity index (χ3n) is 2.93. The molecule has 0 aromatic carbocycles. The molecule has 0 aliphatic heterocycles. The van der Waals surface area contributed by atoms with E-state index in [9.17, 15) is 9.59 Å². The first-order valence-corrected chi connectivity index (χ1v) is 5.02. The van der Waals surface area contributed by atoms with Gasteiger partial charge < -0.3 is 9.78 Å². The molecule has 3 unspecified atom stereocenters. The molecule has 1 rings (SSSR count). The van der Waals surface area contributed by atoms with Gasteiger partial charge in [-0.15, -0.1) is 0 Å². The van der Waals surface area contributed by atoms with Crippen LogP contribution in [0.1, 0.15) is 19.8 Å². The third-order valence-corrected chi connectivity index (χ3v) is 2.93. The monoisotopic (exact) mass is 230 g/mol. The highest BCUT2D eigenvalue weighted by molar-refractivity contribution is 5.83. The predicted octanol–water partition coefficient (Wildman–Crippen LogP) is 1.24. The van der Waals surface area contributed by atoms with Gasteiger partial charge in [0.2, 0.25) is 0 Å². The molecule has 0 spiro atoms. The van der Waals surface area contributed by atoms with Gasteiger partial charge in [0.1, 0.15) is 0 Å². The molecule has 0 saturated heterocycles. The van der Waals surface area contributed by atoms with Gasteiger partial charge in [-0.25, -0.2) is 9.59 Å². The summed E-state index contributed by atoms with van der Waals surface area (Å²) in [7, 11) is 0. The summed E-state index contributed by atoms with van der Waals surface area (Å²) >= 11 is 0. The van der Waals surface area contributed by atoms with Gasteiger partial charge in [0, 0.05) is 0 Å². The average molecular weight is 230 g/mol. The fourth-order valence-corrected chi connectivity index (χ4v) is 2.07. The summed E-state index contributed by atoms with van der Waals surface area (Å²) in [5.74, 6) is -3.66. The van der Waals surface area contributed by atoms with Crippen LogP contribution in [-0.4, -0.2) is 22.5 Å². The molecule has 0 fully saturated rings. The van der Waals surface area contributed by atoms with Crippen LogP contribution in [0.15, 0.2) is 12.2 Å². The number of rotatable bonds is 3. The van der Waals surface area contributed by atoms with Crippen molar-refractivity contribution in [1.82, 2.24) is 0 Å². The van der Waals surface area contributed by atoms with E-state index in [0.29, 0.717) is 12.8 Å². The molecule has 3 atom stereocenters. The fourth-order valence-electron chi connectivity index (χ4n) is 2.07. The summed E-state index contributed by atoms with van der Waals surface area (Å²) in [6.07, 6.45) is 4.49. The number of hydrogen-bond donors (Lipinski definition) is 2. The summed E-state index contributed by atoms with van der Waals surface area (Å²) in [6.45, 7) is 1.86. The Morgan fingerprint density at radius 2 is 1.94 bits per heavy atom. The van der Waals surface area contributed by atoms with Crippen LogP contribution in [0.2, 0.25) is 0 Å². The van der Waals surface area contributed by atoms with E-state index in [2.05, 4.69) is 9.78 Å². The molecule has 0 saturated carbocycles. The first-order chi connectivity index (χ1) is 7.65. The second-order valence-electron chi connectivity index (χ2n) is 3.70. The maximum Gasteiger partial charge on any atom is 0.349 e. The molecule has 0 bridgehead atoms. The molecule has 0 radical (unpaired) electrons. The number of allylic oxidation sites excluding steroid dienone is 1. The minimum Gasteiger partial charge on any atom is -0.301 e. The van der Waals surface area contributed by atoms with Crippen LogP contribution in [-0.2, 0) is 19.4 Å². The topological polar surface area (TPSA) is 93.1 Å². The van der Waals surface area contributed by atoms with Crippen LogP contribution >= 0.6 is 0 Å². The van der Waals surface area contributed by atoms with E-state index in [-0.39, 0.29) is 5.92 Å². The molecule has 0 amide bonds. The standard InChI is InChI=1S/C10H14O6/c1-2-6-4-3-5-7(9(11)15-13)8(6)10(12)16-14/h3,5-8,13-14H,2,4H2,1H3. The Labute approximate surface area is 92.3 Å². The second kappa shape index (κ2) is 5.62. The van der Waals surface area contributed by atoms with Gasteiger partial charge in [0.05, 0.1) is 11.8 Å². The molecule has 0 aromatic rings. The van der Waals surface area contributed by atoms with Crippen LogP contribution in [0.3, 0.4) is 0 Å².